The van der Waals surface area contributed by atoms with Gasteiger partial charge < -0.3 is 14.8 Å². The number of nitrogens with zero attached hydrogens (tertiary/aromatic N) is 2. The normalized spacial score (nSPS) is 9.82. The van der Waals surface area contributed by atoms with E-state index in [0.29, 0.717) is 11.5 Å². The highest BCUT2D eigenvalue weighted by Gasteiger charge is 2.17. The third-order valence-corrected chi connectivity index (χ3v) is 1.37. The molecular formula is C5H9BN2O3. The van der Waals surface area contributed by atoms with Gasteiger partial charge in [0.25, 0.3) is 0 Å². The van der Waals surface area contributed by atoms with Crippen LogP contribution in [0.2, 0.25) is 0 Å². The van der Waals surface area contributed by atoms with Crippen molar-refractivity contribution in [1.82, 2.24) is 9.78 Å². The van der Waals surface area contributed by atoms with E-state index in [1.165, 1.54) is 17.9 Å². The van der Waals surface area contributed by atoms with Crippen molar-refractivity contribution < 1.29 is 14.8 Å². The molecule has 0 spiro atoms. The Labute approximate surface area is 64.4 Å². The van der Waals surface area contributed by atoms with Crippen molar-refractivity contribution in [2.45, 2.75) is 0 Å². The first-order chi connectivity index (χ1) is 5.15. The molecule has 0 atom stereocenters. The second-order valence-corrected chi connectivity index (χ2v) is 2.11. The van der Waals surface area contributed by atoms with Crippen LogP contribution in [0.3, 0.4) is 0 Å². The van der Waals surface area contributed by atoms with Gasteiger partial charge in [-0.2, -0.15) is 0 Å². The number of methoxy groups -OCH3 is 1. The van der Waals surface area contributed by atoms with Crippen LogP contribution < -0.4 is 10.3 Å². The van der Waals surface area contributed by atoms with Crippen molar-refractivity contribution in [3.05, 3.63) is 6.07 Å². The summed E-state index contributed by atoms with van der Waals surface area (Å²) in [7, 11) is 1.57. The first-order valence-corrected chi connectivity index (χ1v) is 3.09. The standard InChI is InChI=1S/C5H9BN2O3/c1-8-4(6(9)10)3-5(7-8)11-2/h3,9-10H,1-2H3. The van der Waals surface area contributed by atoms with Crippen molar-refractivity contribution in [3.63, 3.8) is 0 Å². The molecule has 1 aromatic heterocycles. The number of aromatic nitrogens is 2. The van der Waals surface area contributed by atoms with Crippen molar-refractivity contribution in [2.75, 3.05) is 7.11 Å². The van der Waals surface area contributed by atoms with Crippen molar-refractivity contribution >= 4 is 12.7 Å². The molecule has 60 valence electrons. The SMILES string of the molecule is COc1cc(B(O)O)n(C)n1. The second-order valence-electron chi connectivity index (χ2n) is 2.11. The maximum Gasteiger partial charge on any atom is 0.507 e. The maximum absolute atomic E-state index is 8.75. The van der Waals surface area contributed by atoms with Crippen molar-refractivity contribution in [2.24, 2.45) is 7.05 Å². The van der Waals surface area contributed by atoms with Gasteiger partial charge in [0, 0.05) is 13.1 Å². The Kier molecular flexibility index (Phi) is 2.16. The van der Waals surface area contributed by atoms with E-state index in [-0.39, 0.29) is 0 Å². The van der Waals surface area contributed by atoms with Gasteiger partial charge in [-0.05, 0) is 0 Å². The lowest BCUT2D eigenvalue weighted by Crippen LogP contribution is -2.35. The lowest BCUT2D eigenvalue weighted by atomic mass is 9.86. The van der Waals surface area contributed by atoms with Crippen LogP contribution in [0.15, 0.2) is 6.07 Å². The average molecular weight is 156 g/mol. The zero-order chi connectivity index (χ0) is 8.43. The number of rotatable bonds is 2. The molecule has 0 aliphatic carbocycles. The molecule has 11 heavy (non-hydrogen) atoms. The van der Waals surface area contributed by atoms with Gasteiger partial charge in [-0.15, -0.1) is 5.10 Å². The highest BCUT2D eigenvalue weighted by atomic mass is 16.5. The van der Waals surface area contributed by atoms with Crippen LogP contribution in [-0.2, 0) is 7.05 Å². The molecule has 0 radical (unpaired) electrons. The Hall–Kier alpha value is -1.01. The summed E-state index contributed by atoms with van der Waals surface area (Å²) in [6, 6.07) is 1.46. The van der Waals surface area contributed by atoms with Gasteiger partial charge in [0.05, 0.1) is 12.7 Å². The maximum atomic E-state index is 8.75. The van der Waals surface area contributed by atoms with Crippen LogP contribution in [0.5, 0.6) is 5.88 Å². The summed E-state index contributed by atoms with van der Waals surface area (Å²) < 4.78 is 6.12. The van der Waals surface area contributed by atoms with Crippen LogP contribution in [0, 0.1) is 0 Å². The van der Waals surface area contributed by atoms with E-state index in [1.54, 1.807) is 7.05 Å². The minimum Gasteiger partial charge on any atom is -0.480 e. The Morgan fingerprint density at radius 1 is 1.64 bits per heavy atom. The monoisotopic (exact) mass is 156 g/mol. The zero-order valence-electron chi connectivity index (χ0n) is 6.35. The van der Waals surface area contributed by atoms with Gasteiger partial charge in [-0.3, -0.25) is 4.68 Å². The van der Waals surface area contributed by atoms with E-state index in [0.717, 1.165) is 0 Å². The third-order valence-electron chi connectivity index (χ3n) is 1.37. The molecule has 0 aliphatic rings. The van der Waals surface area contributed by atoms with E-state index in [1.807, 2.05) is 0 Å². The first-order valence-electron chi connectivity index (χ1n) is 3.09. The lowest BCUT2D eigenvalue weighted by Gasteiger charge is -1.95. The summed E-state index contributed by atoms with van der Waals surface area (Å²) >= 11 is 0. The quantitative estimate of drug-likeness (QED) is 0.491. The predicted molar refractivity (Wildman–Crippen MR) is 39.6 cm³/mol. The highest BCUT2D eigenvalue weighted by Crippen LogP contribution is 2.00. The summed E-state index contributed by atoms with van der Waals surface area (Å²) in [5, 5.41) is 21.3. The fourth-order valence-electron chi connectivity index (χ4n) is 0.796. The fourth-order valence-corrected chi connectivity index (χ4v) is 0.796. The number of hydrogen-bond acceptors (Lipinski definition) is 4. The number of hydrogen-bond donors (Lipinski definition) is 2. The van der Waals surface area contributed by atoms with Gasteiger partial charge in [-0.1, -0.05) is 0 Å². The van der Waals surface area contributed by atoms with Gasteiger partial charge in [0.1, 0.15) is 0 Å². The van der Waals surface area contributed by atoms with Crippen LogP contribution in [0.4, 0.5) is 0 Å². The molecule has 6 heteroatoms. The summed E-state index contributed by atoms with van der Waals surface area (Å²) in [6.45, 7) is 0. The molecular weight excluding hydrogens is 147 g/mol. The third kappa shape index (κ3) is 1.52. The minimum atomic E-state index is -1.50. The predicted octanol–water partition coefficient (Wildman–Crippen LogP) is -1.89. The molecule has 1 rings (SSSR count). The Balaban J connectivity index is 2.97. The molecule has 5 nitrogen and oxygen atoms in total. The second kappa shape index (κ2) is 2.94. The number of aryl methyl sites for hydroxylation is 1. The van der Waals surface area contributed by atoms with E-state index in [2.05, 4.69) is 5.10 Å². The summed E-state index contributed by atoms with van der Waals surface area (Å²) in [6.07, 6.45) is 0. The smallest absolute Gasteiger partial charge is 0.480 e. The molecule has 0 bridgehead atoms. The van der Waals surface area contributed by atoms with Gasteiger partial charge in [0.15, 0.2) is 0 Å². The molecule has 0 unspecified atom stereocenters. The minimum absolute atomic E-state index is 0.307. The number of ether oxygens (including phenoxy) is 1. The van der Waals surface area contributed by atoms with Crippen LogP contribution in [0.25, 0.3) is 0 Å². The van der Waals surface area contributed by atoms with E-state index < -0.39 is 7.12 Å². The topological polar surface area (TPSA) is 67.5 Å². The molecule has 0 fully saturated rings. The van der Waals surface area contributed by atoms with Gasteiger partial charge in [-0.25, -0.2) is 0 Å². The first kappa shape index (κ1) is 8.09. The van der Waals surface area contributed by atoms with Crippen LogP contribution in [-0.4, -0.2) is 34.1 Å². The average Bonchev–Trinajstić information content (AvgIpc) is 2.30. The summed E-state index contributed by atoms with van der Waals surface area (Å²) in [5.41, 5.74) is 0.307. The lowest BCUT2D eigenvalue weighted by molar-refractivity contribution is 0.392. The van der Waals surface area contributed by atoms with E-state index in [9.17, 15) is 0 Å². The molecule has 0 amide bonds. The molecule has 1 heterocycles. The van der Waals surface area contributed by atoms with Crippen molar-refractivity contribution in [3.8, 4) is 5.88 Å². The van der Waals surface area contributed by atoms with E-state index in [4.69, 9.17) is 14.8 Å². The Bertz CT molecular complexity index is 248. The van der Waals surface area contributed by atoms with Gasteiger partial charge in [0.2, 0.25) is 5.88 Å². The Morgan fingerprint density at radius 3 is 2.55 bits per heavy atom. The fraction of sp³-hybridized carbons (Fsp3) is 0.400. The molecule has 0 saturated heterocycles. The van der Waals surface area contributed by atoms with Crippen molar-refractivity contribution in [1.29, 1.82) is 0 Å². The van der Waals surface area contributed by atoms with Crippen LogP contribution in [0.1, 0.15) is 0 Å². The molecule has 2 N–H and O–H groups in total. The van der Waals surface area contributed by atoms with E-state index >= 15 is 0 Å². The molecule has 1 aromatic rings. The highest BCUT2D eigenvalue weighted by molar-refractivity contribution is 6.57. The zero-order valence-corrected chi connectivity index (χ0v) is 6.35. The molecule has 0 saturated carbocycles. The molecule has 0 aliphatic heterocycles. The molecule has 0 aromatic carbocycles. The largest absolute Gasteiger partial charge is 0.507 e. The Morgan fingerprint density at radius 2 is 2.27 bits per heavy atom. The summed E-state index contributed by atoms with van der Waals surface area (Å²) in [5.74, 6) is 0.371. The van der Waals surface area contributed by atoms with Gasteiger partial charge >= 0.3 is 7.12 Å². The summed E-state index contributed by atoms with van der Waals surface area (Å²) in [4.78, 5) is 0. The van der Waals surface area contributed by atoms with Crippen LogP contribution >= 0.6 is 0 Å².